The minimum atomic E-state index is -0.602. The summed E-state index contributed by atoms with van der Waals surface area (Å²) in [6.07, 6.45) is 6.40. The van der Waals surface area contributed by atoms with Crippen LogP contribution in [0.1, 0.15) is 16.8 Å². The first kappa shape index (κ1) is 23.9. The largest absolute Gasteiger partial charge is 0.361 e. The summed E-state index contributed by atoms with van der Waals surface area (Å²) in [5.41, 5.74) is 1.60. The van der Waals surface area contributed by atoms with E-state index in [-0.39, 0.29) is 11.7 Å². The Morgan fingerprint density at radius 1 is 1.08 bits per heavy atom. The maximum atomic E-state index is 14.0. The van der Waals surface area contributed by atoms with Crippen LogP contribution in [0.5, 0.6) is 0 Å². The summed E-state index contributed by atoms with van der Waals surface area (Å²) in [7, 11) is 0. The van der Waals surface area contributed by atoms with E-state index >= 15 is 0 Å². The highest BCUT2D eigenvalue weighted by Gasteiger charge is 2.25. The Hall–Kier alpha value is -3.82. The SMILES string of the molecule is O=CC(Nc1ccccc1F)N1CCN(C2=NC=C(NC(=O)c3csc4ccccc34)C=CC2)CC1. The van der Waals surface area contributed by atoms with E-state index in [1.165, 1.54) is 6.07 Å². The third kappa shape index (κ3) is 5.22. The fourth-order valence-corrected chi connectivity index (χ4v) is 5.32. The Morgan fingerprint density at radius 3 is 2.67 bits per heavy atom. The molecule has 1 unspecified atom stereocenters. The van der Waals surface area contributed by atoms with Crippen LogP contribution >= 0.6 is 11.3 Å². The molecule has 2 aromatic carbocycles. The number of thiophene rings is 1. The lowest BCUT2D eigenvalue weighted by Crippen LogP contribution is -2.54. The molecule has 0 spiro atoms. The number of nitrogens with zero attached hydrogens (tertiary/aromatic N) is 3. The van der Waals surface area contributed by atoms with Gasteiger partial charge >= 0.3 is 0 Å². The number of hydrogen-bond acceptors (Lipinski definition) is 7. The number of carbonyl (C=O) groups is 2. The molecule has 5 rings (SSSR count). The number of para-hydroxylation sites is 1. The third-order valence-corrected chi connectivity index (χ3v) is 7.28. The van der Waals surface area contributed by atoms with Gasteiger partial charge in [0.15, 0.2) is 6.29 Å². The fraction of sp³-hybridized carbons (Fsp3) is 0.222. The van der Waals surface area contributed by atoms with Crippen molar-refractivity contribution in [3.63, 3.8) is 0 Å². The van der Waals surface area contributed by atoms with Gasteiger partial charge < -0.3 is 15.5 Å². The Morgan fingerprint density at radius 2 is 1.86 bits per heavy atom. The lowest BCUT2D eigenvalue weighted by atomic mass is 10.1. The van der Waals surface area contributed by atoms with Gasteiger partial charge in [-0.3, -0.25) is 14.5 Å². The van der Waals surface area contributed by atoms with Crippen LogP contribution in [-0.4, -0.2) is 60.2 Å². The monoisotopic (exact) mass is 503 g/mol. The number of halogens is 1. The molecule has 9 heteroatoms. The van der Waals surface area contributed by atoms with E-state index in [0.717, 1.165) is 22.2 Å². The second kappa shape index (κ2) is 10.8. The van der Waals surface area contributed by atoms with Crippen LogP contribution in [0.2, 0.25) is 0 Å². The summed E-state index contributed by atoms with van der Waals surface area (Å²) in [5, 5.41) is 8.78. The number of allylic oxidation sites excluding steroid dienone is 1. The molecule has 0 saturated carbocycles. The third-order valence-electron chi connectivity index (χ3n) is 6.31. The predicted octanol–water partition coefficient (Wildman–Crippen LogP) is 4.22. The Bertz CT molecular complexity index is 1360. The summed E-state index contributed by atoms with van der Waals surface area (Å²) in [6.45, 7) is 2.64. The summed E-state index contributed by atoms with van der Waals surface area (Å²) >= 11 is 1.55. The van der Waals surface area contributed by atoms with E-state index in [0.29, 0.717) is 49.5 Å². The van der Waals surface area contributed by atoms with Crippen molar-refractivity contribution in [2.24, 2.45) is 4.99 Å². The fourth-order valence-electron chi connectivity index (χ4n) is 4.38. The number of piperazine rings is 1. The number of aldehydes is 1. The zero-order valence-corrected chi connectivity index (χ0v) is 20.4. The molecule has 2 N–H and O–H groups in total. The average Bonchev–Trinajstić information content (AvgIpc) is 3.21. The Kier molecular flexibility index (Phi) is 7.20. The molecule has 184 valence electrons. The summed E-state index contributed by atoms with van der Waals surface area (Å²) in [6, 6.07) is 14.2. The van der Waals surface area contributed by atoms with Crippen molar-refractivity contribution in [1.29, 1.82) is 0 Å². The number of anilines is 1. The molecule has 1 saturated heterocycles. The van der Waals surface area contributed by atoms with E-state index < -0.39 is 6.17 Å². The highest BCUT2D eigenvalue weighted by Crippen LogP contribution is 2.26. The number of rotatable bonds is 6. The number of amidine groups is 1. The van der Waals surface area contributed by atoms with Crippen molar-refractivity contribution >= 4 is 45.1 Å². The minimum Gasteiger partial charge on any atom is -0.361 e. The molecular weight excluding hydrogens is 477 g/mol. The zero-order valence-electron chi connectivity index (χ0n) is 19.6. The average molecular weight is 504 g/mol. The van der Waals surface area contributed by atoms with Gasteiger partial charge in [0.05, 0.1) is 23.1 Å². The van der Waals surface area contributed by atoms with Gasteiger partial charge in [0, 0.05) is 48.1 Å². The van der Waals surface area contributed by atoms with Crippen molar-refractivity contribution in [2.45, 2.75) is 12.6 Å². The molecule has 7 nitrogen and oxygen atoms in total. The van der Waals surface area contributed by atoms with Crippen LogP contribution in [-0.2, 0) is 4.79 Å². The van der Waals surface area contributed by atoms with E-state index in [1.54, 1.807) is 35.7 Å². The highest BCUT2D eigenvalue weighted by molar-refractivity contribution is 7.17. The second-order valence-corrected chi connectivity index (χ2v) is 9.48. The first-order chi connectivity index (χ1) is 17.6. The molecule has 2 aliphatic rings. The molecule has 1 atom stereocenters. The van der Waals surface area contributed by atoms with Crippen LogP contribution in [0.15, 0.2) is 83.0 Å². The molecular formula is C27H26FN5O2S. The molecule has 36 heavy (non-hydrogen) atoms. The van der Waals surface area contributed by atoms with Crippen molar-refractivity contribution in [3.05, 3.63) is 89.3 Å². The molecule has 0 bridgehead atoms. The van der Waals surface area contributed by atoms with Gasteiger partial charge in [-0.2, -0.15) is 0 Å². The van der Waals surface area contributed by atoms with Crippen LogP contribution in [0, 0.1) is 5.82 Å². The van der Waals surface area contributed by atoms with Gasteiger partial charge in [0.1, 0.15) is 17.8 Å². The maximum Gasteiger partial charge on any atom is 0.257 e. The first-order valence-electron chi connectivity index (χ1n) is 11.8. The number of fused-ring (bicyclic) bond motifs is 1. The van der Waals surface area contributed by atoms with E-state index in [9.17, 15) is 14.0 Å². The molecule has 0 radical (unpaired) electrons. The van der Waals surface area contributed by atoms with Crippen LogP contribution in [0.3, 0.4) is 0 Å². The lowest BCUT2D eigenvalue weighted by Gasteiger charge is -2.39. The van der Waals surface area contributed by atoms with Gasteiger partial charge in [0.2, 0.25) is 0 Å². The van der Waals surface area contributed by atoms with E-state index in [4.69, 9.17) is 0 Å². The smallest absolute Gasteiger partial charge is 0.257 e. The molecule has 3 aromatic rings. The topological polar surface area (TPSA) is 77.0 Å². The number of carbonyl (C=O) groups excluding carboxylic acids is 2. The summed E-state index contributed by atoms with van der Waals surface area (Å²) in [4.78, 5) is 33.4. The van der Waals surface area contributed by atoms with E-state index in [2.05, 4.69) is 20.5 Å². The molecule has 1 aromatic heterocycles. The number of aliphatic imine (C=N–C) groups is 1. The second-order valence-electron chi connectivity index (χ2n) is 8.56. The van der Waals surface area contributed by atoms with Gasteiger partial charge in [0.25, 0.3) is 5.91 Å². The van der Waals surface area contributed by atoms with Crippen molar-refractivity contribution in [3.8, 4) is 0 Å². The van der Waals surface area contributed by atoms with Crippen molar-refractivity contribution < 1.29 is 14.0 Å². The van der Waals surface area contributed by atoms with E-state index in [1.807, 2.05) is 46.7 Å². The number of amides is 1. The lowest BCUT2D eigenvalue weighted by molar-refractivity contribution is -0.112. The molecule has 0 aliphatic carbocycles. The maximum absolute atomic E-state index is 14.0. The zero-order chi connectivity index (χ0) is 24.9. The van der Waals surface area contributed by atoms with Gasteiger partial charge in [-0.15, -0.1) is 11.3 Å². The van der Waals surface area contributed by atoms with Crippen molar-refractivity contribution in [1.82, 2.24) is 15.1 Å². The Labute approximate surface area is 212 Å². The minimum absolute atomic E-state index is 0.155. The summed E-state index contributed by atoms with van der Waals surface area (Å²) < 4.78 is 15.1. The van der Waals surface area contributed by atoms with Crippen molar-refractivity contribution in [2.75, 3.05) is 31.5 Å². The quantitative estimate of drug-likeness (QED) is 0.493. The normalized spacial score (nSPS) is 17.2. The van der Waals surface area contributed by atoms with Gasteiger partial charge in [-0.1, -0.05) is 36.4 Å². The Balaban J connectivity index is 1.20. The van der Waals surface area contributed by atoms with Crippen LogP contribution in [0.4, 0.5) is 10.1 Å². The highest BCUT2D eigenvalue weighted by atomic mass is 32.1. The van der Waals surface area contributed by atoms with Crippen LogP contribution < -0.4 is 10.6 Å². The number of benzene rings is 2. The molecule has 1 amide bonds. The number of hydrogen-bond donors (Lipinski definition) is 2. The summed E-state index contributed by atoms with van der Waals surface area (Å²) in [5.74, 6) is 0.364. The predicted molar refractivity (Wildman–Crippen MR) is 142 cm³/mol. The first-order valence-corrected chi connectivity index (χ1v) is 12.7. The molecule has 2 aliphatic heterocycles. The molecule has 3 heterocycles. The molecule has 1 fully saturated rings. The van der Waals surface area contributed by atoms with Gasteiger partial charge in [-0.05, 0) is 24.3 Å². The number of nitrogens with one attached hydrogen (secondary N) is 2. The standard InChI is InChI=1S/C27H26FN5O2S/c28-22-8-2-3-9-23(22)31-26(17-34)33-14-12-32(13-15-33)25-11-5-6-19(16-29-25)30-27(35)21-18-36-24-10-4-1-7-20(21)24/h1-10,16-18,26,31H,11-15H2,(H,30,35). The van der Waals surface area contributed by atoms with Gasteiger partial charge in [-0.25, -0.2) is 9.38 Å². The van der Waals surface area contributed by atoms with Crippen LogP contribution in [0.25, 0.3) is 10.1 Å².